The van der Waals surface area contributed by atoms with Crippen molar-refractivity contribution >= 4 is 58.0 Å². The van der Waals surface area contributed by atoms with E-state index in [9.17, 15) is 22.1 Å². The molecule has 4 aromatic carbocycles. The molecule has 0 aliphatic rings. The van der Waals surface area contributed by atoms with Crippen molar-refractivity contribution in [3.8, 4) is 5.69 Å². The van der Waals surface area contributed by atoms with E-state index in [1.54, 1.807) is 0 Å². The molecule has 0 unspecified atom stereocenters. The number of unbranched alkanes of at least 4 members (excludes halogenated alkanes) is 2. The SMILES string of the molecule is CCN(CC)c1ccc2nc3ccc(N=Nc4ccc(N(C)CCCCCC(=O)NCCCN=[N+]=[N-])cc4)cc3[n+](-c3ccccc3)c2c1.F[B-](F)(F)F. The number of aromatic nitrogens is 2. The third-order valence-electron chi connectivity index (χ3n) is 8.57. The minimum Gasteiger partial charge on any atom is -0.418 e. The molecule has 5 rings (SSSR count). The molecule has 0 aliphatic carbocycles. The lowest BCUT2D eigenvalue weighted by Crippen LogP contribution is -2.33. The summed E-state index contributed by atoms with van der Waals surface area (Å²) in [5, 5.41) is 15.5. The molecule has 0 radical (unpaired) electrons. The third-order valence-corrected chi connectivity index (χ3v) is 8.57. The molecule has 0 aliphatic heterocycles. The molecule has 16 heteroatoms. The maximum atomic E-state index is 12.0. The fourth-order valence-corrected chi connectivity index (χ4v) is 5.87. The lowest BCUT2D eigenvalue weighted by molar-refractivity contribution is -0.538. The summed E-state index contributed by atoms with van der Waals surface area (Å²) in [6.45, 7) is 8.06. The van der Waals surface area contributed by atoms with Crippen LogP contribution in [0.25, 0.3) is 38.2 Å². The van der Waals surface area contributed by atoms with Gasteiger partial charge in [-0.05, 0) is 87.2 Å². The molecule has 0 saturated carbocycles. The maximum absolute atomic E-state index is 12.0. The Labute approximate surface area is 312 Å². The van der Waals surface area contributed by atoms with E-state index >= 15 is 0 Å². The Morgan fingerprint density at radius 3 is 2.09 bits per heavy atom. The molecule has 284 valence electrons. The van der Waals surface area contributed by atoms with Crippen LogP contribution in [0.15, 0.2) is 106 Å². The summed E-state index contributed by atoms with van der Waals surface area (Å²) in [7, 11) is -3.92. The quantitative estimate of drug-likeness (QED) is 0.0149. The number of halogens is 4. The van der Waals surface area contributed by atoms with Gasteiger partial charge in [0, 0.05) is 86.7 Å². The van der Waals surface area contributed by atoms with Crippen molar-refractivity contribution < 1.29 is 26.6 Å². The number of rotatable bonds is 17. The number of azo groups is 1. The van der Waals surface area contributed by atoms with E-state index in [0.717, 1.165) is 83.7 Å². The highest BCUT2D eigenvalue weighted by molar-refractivity contribution is 6.50. The second-order valence-corrected chi connectivity index (χ2v) is 12.4. The largest absolute Gasteiger partial charge is 0.673 e. The van der Waals surface area contributed by atoms with Crippen LogP contribution in [0.5, 0.6) is 0 Å². The van der Waals surface area contributed by atoms with Gasteiger partial charge < -0.3 is 32.4 Å². The number of nitrogens with zero attached hydrogens (tertiary/aromatic N) is 9. The third kappa shape index (κ3) is 12.7. The number of nitrogens with one attached hydrogen (secondary N) is 1. The number of amides is 1. The Morgan fingerprint density at radius 2 is 1.43 bits per heavy atom. The zero-order chi connectivity index (χ0) is 38.9. The van der Waals surface area contributed by atoms with Gasteiger partial charge >= 0.3 is 7.25 Å². The van der Waals surface area contributed by atoms with E-state index in [1.165, 1.54) is 5.69 Å². The second-order valence-electron chi connectivity index (χ2n) is 12.4. The first kappa shape index (κ1) is 41.0. The minimum atomic E-state index is -6.00. The van der Waals surface area contributed by atoms with Crippen LogP contribution in [0.2, 0.25) is 0 Å². The molecule has 1 aromatic heterocycles. The van der Waals surface area contributed by atoms with Gasteiger partial charge in [-0.1, -0.05) is 29.7 Å². The molecule has 54 heavy (non-hydrogen) atoms. The van der Waals surface area contributed by atoms with Crippen molar-refractivity contribution in [2.45, 2.75) is 46.0 Å². The lowest BCUT2D eigenvalue weighted by atomic mass is 10.1. The number of anilines is 2. The Morgan fingerprint density at radius 1 is 0.815 bits per heavy atom. The lowest BCUT2D eigenvalue weighted by Gasteiger charge is -2.20. The van der Waals surface area contributed by atoms with Gasteiger partial charge in [0.05, 0.1) is 11.4 Å². The molecule has 0 saturated heterocycles. The molecule has 0 spiro atoms. The van der Waals surface area contributed by atoms with Crippen LogP contribution in [0.4, 0.5) is 40.0 Å². The van der Waals surface area contributed by atoms with Crippen molar-refractivity contribution in [2.75, 3.05) is 49.6 Å². The van der Waals surface area contributed by atoms with Crippen molar-refractivity contribution in [2.24, 2.45) is 15.3 Å². The Kier molecular flexibility index (Phi) is 15.5. The number of hydrogen-bond acceptors (Lipinski definition) is 7. The summed E-state index contributed by atoms with van der Waals surface area (Å²) in [5.74, 6) is 0.0488. The van der Waals surface area contributed by atoms with Gasteiger partial charge in [-0.15, -0.1) is 4.57 Å². The van der Waals surface area contributed by atoms with Crippen LogP contribution in [0.1, 0.15) is 46.0 Å². The Bertz CT molecular complexity index is 2030. The molecule has 1 N–H and O–H groups in total. The summed E-state index contributed by atoms with van der Waals surface area (Å²) in [5.41, 5.74) is 17.0. The van der Waals surface area contributed by atoms with Crippen LogP contribution < -0.4 is 19.7 Å². The van der Waals surface area contributed by atoms with Crippen LogP contribution in [-0.4, -0.2) is 57.9 Å². The molecule has 0 bridgehead atoms. The van der Waals surface area contributed by atoms with Gasteiger partial charge in [0.2, 0.25) is 22.6 Å². The molecule has 1 amide bonds. The van der Waals surface area contributed by atoms with Gasteiger partial charge in [0.1, 0.15) is 11.0 Å². The van der Waals surface area contributed by atoms with Gasteiger partial charge in [-0.25, -0.2) is 4.98 Å². The molecule has 0 atom stereocenters. The summed E-state index contributed by atoms with van der Waals surface area (Å²) < 4.78 is 41.3. The Hall–Kier alpha value is -5.76. The summed E-state index contributed by atoms with van der Waals surface area (Å²) in [6.07, 6.45) is 3.99. The molecule has 0 fully saturated rings. The predicted molar refractivity (Wildman–Crippen MR) is 209 cm³/mol. The fraction of sp³-hybridized carbons (Fsp3) is 0.342. The summed E-state index contributed by atoms with van der Waals surface area (Å²) in [4.78, 5) is 24.2. The molecular formula is C38H45BF4N10O. The highest BCUT2D eigenvalue weighted by Gasteiger charge is 2.22. The first-order valence-electron chi connectivity index (χ1n) is 18.0. The molecule has 1 heterocycles. The van der Waals surface area contributed by atoms with E-state index < -0.39 is 7.25 Å². The first-order chi connectivity index (χ1) is 26.0. The van der Waals surface area contributed by atoms with Crippen molar-refractivity contribution in [3.05, 3.63) is 101 Å². The van der Waals surface area contributed by atoms with Gasteiger partial charge in [0.15, 0.2) is 0 Å². The zero-order valence-electron chi connectivity index (χ0n) is 30.8. The summed E-state index contributed by atoms with van der Waals surface area (Å²) in [6, 6.07) is 31.0. The predicted octanol–water partition coefficient (Wildman–Crippen LogP) is 10.0. The van der Waals surface area contributed by atoms with Crippen molar-refractivity contribution in [1.29, 1.82) is 0 Å². The van der Waals surface area contributed by atoms with Gasteiger partial charge in [-0.3, -0.25) is 4.79 Å². The fourth-order valence-electron chi connectivity index (χ4n) is 5.87. The molecule has 11 nitrogen and oxygen atoms in total. The topological polar surface area (TPSA) is 126 Å². The van der Waals surface area contributed by atoms with Crippen LogP contribution in [0, 0.1) is 0 Å². The van der Waals surface area contributed by atoms with Crippen LogP contribution >= 0.6 is 0 Å². The summed E-state index contributed by atoms with van der Waals surface area (Å²) >= 11 is 0. The average molecular weight is 745 g/mol. The standard InChI is InChI=1S/C38H44N10O.BF4/c1-4-47(5-2)33-21-23-35-37(28-33)48(32-13-8-6-9-14-32)36-27-30(18-22-34(36)42-35)44-43-29-16-19-31(20-17-29)46(3)26-11-7-10-15-38(49)40-24-12-25-41-45-39;2-1(3,4)5/h6,8-9,13-14,16-23,27-28H,4-5,7,10-12,15,24-26H2,1-3H3;/q;-1/p+1. The zero-order valence-corrected chi connectivity index (χ0v) is 30.8. The van der Waals surface area contributed by atoms with Crippen LogP contribution in [-0.2, 0) is 4.79 Å². The number of carbonyl (C=O) groups is 1. The minimum absolute atomic E-state index is 0.0488. The molecule has 5 aromatic rings. The van der Waals surface area contributed by atoms with Crippen molar-refractivity contribution in [1.82, 2.24) is 10.3 Å². The van der Waals surface area contributed by atoms with Crippen molar-refractivity contribution in [3.63, 3.8) is 0 Å². The van der Waals surface area contributed by atoms with E-state index in [4.69, 9.17) is 10.5 Å². The highest BCUT2D eigenvalue weighted by atomic mass is 19.5. The Balaban J connectivity index is 0.00000122. The van der Waals surface area contributed by atoms with Gasteiger partial charge in [0.25, 0.3) is 0 Å². The van der Waals surface area contributed by atoms with E-state index in [1.807, 2.05) is 30.3 Å². The second kappa shape index (κ2) is 20.5. The monoisotopic (exact) mass is 744 g/mol. The van der Waals surface area contributed by atoms with Crippen LogP contribution in [0.3, 0.4) is 0 Å². The number of benzene rings is 4. The maximum Gasteiger partial charge on any atom is 0.673 e. The van der Waals surface area contributed by atoms with E-state index in [-0.39, 0.29) is 5.91 Å². The van der Waals surface area contributed by atoms with E-state index in [2.05, 4.69) is 121 Å². The first-order valence-corrected chi connectivity index (χ1v) is 18.0. The number of para-hydroxylation sites is 1. The highest BCUT2D eigenvalue weighted by Crippen LogP contribution is 2.27. The smallest absolute Gasteiger partial charge is 0.418 e. The number of azide groups is 1. The number of carbonyl (C=O) groups excluding carboxylic acids is 1. The van der Waals surface area contributed by atoms with Gasteiger partial charge in [-0.2, -0.15) is 10.2 Å². The number of hydrogen-bond donors (Lipinski definition) is 1. The van der Waals surface area contributed by atoms with E-state index in [0.29, 0.717) is 25.9 Å². The molecular weight excluding hydrogens is 699 g/mol. The average Bonchev–Trinajstić information content (AvgIpc) is 3.16. The normalized spacial score (nSPS) is 11.2. The number of fused-ring (bicyclic) bond motifs is 2.